The molecular formula is C23H26N6O2. The smallest absolute Gasteiger partial charge is 0.254 e. The number of aromatic nitrogens is 5. The van der Waals surface area contributed by atoms with Crippen LogP contribution in [0.25, 0.3) is 22.3 Å². The molecule has 0 saturated carbocycles. The Morgan fingerprint density at radius 1 is 1.10 bits per heavy atom. The van der Waals surface area contributed by atoms with E-state index in [1.807, 2.05) is 64.5 Å². The zero-order chi connectivity index (χ0) is 22.3. The molecule has 1 amide bonds. The fraction of sp³-hybridized carbons (Fsp3) is 0.304. The van der Waals surface area contributed by atoms with Gasteiger partial charge in [0.2, 0.25) is 0 Å². The number of carbonyl (C=O) groups is 1. The van der Waals surface area contributed by atoms with Gasteiger partial charge in [-0.3, -0.25) is 14.2 Å². The first-order valence-corrected chi connectivity index (χ1v) is 10.0. The van der Waals surface area contributed by atoms with Crippen molar-refractivity contribution in [1.82, 2.24) is 29.4 Å². The third-order valence-electron chi connectivity index (χ3n) is 5.45. The molecule has 0 saturated heterocycles. The van der Waals surface area contributed by atoms with Crippen LogP contribution in [0, 0.1) is 13.8 Å². The van der Waals surface area contributed by atoms with Crippen molar-refractivity contribution in [1.29, 1.82) is 0 Å². The van der Waals surface area contributed by atoms with Gasteiger partial charge in [0.1, 0.15) is 5.75 Å². The summed E-state index contributed by atoms with van der Waals surface area (Å²) >= 11 is 0. The molecule has 0 aliphatic rings. The van der Waals surface area contributed by atoms with Crippen molar-refractivity contribution in [2.24, 2.45) is 14.1 Å². The first-order chi connectivity index (χ1) is 14.8. The molecule has 4 rings (SSSR count). The van der Waals surface area contributed by atoms with Gasteiger partial charge in [-0.15, -0.1) is 0 Å². The van der Waals surface area contributed by atoms with Crippen LogP contribution in [-0.2, 0) is 20.6 Å². The lowest BCUT2D eigenvalue weighted by Crippen LogP contribution is -2.26. The van der Waals surface area contributed by atoms with Crippen LogP contribution in [0.15, 0.2) is 36.5 Å². The zero-order valence-corrected chi connectivity index (χ0v) is 18.7. The van der Waals surface area contributed by atoms with Crippen molar-refractivity contribution in [3.63, 3.8) is 0 Å². The molecule has 1 aromatic carbocycles. The number of aryl methyl sites for hydroxylation is 4. The van der Waals surface area contributed by atoms with Gasteiger partial charge in [0.05, 0.1) is 35.1 Å². The number of hydrogen-bond acceptors (Lipinski definition) is 5. The minimum Gasteiger partial charge on any atom is -0.497 e. The number of fused-ring (bicyclic) bond motifs is 1. The highest BCUT2D eigenvalue weighted by Gasteiger charge is 2.22. The molecular weight excluding hydrogens is 392 g/mol. The van der Waals surface area contributed by atoms with Crippen LogP contribution >= 0.6 is 0 Å². The number of hydrogen-bond donors (Lipinski definition) is 0. The van der Waals surface area contributed by atoms with Crippen LogP contribution in [0.3, 0.4) is 0 Å². The molecule has 0 fully saturated rings. The molecule has 0 radical (unpaired) electrons. The van der Waals surface area contributed by atoms with Gasteiger partial charge in [0.25, 0.3) is 5.91 Å². The lowest BCUT2D eigenvalue weighted by atomic mass is 10.0. The maximum absolute atomic E-state index is 13.5. The van der Waals surface area contributed by atoms with Gasteiger partial charge in [-0.05, 0) is 44.2 Å². The SMILES string of the molecule is COc1ccc(-c2cc(C(=O)N(C)Cc3cn(C)nc3C)c3c(C)nn(C)c3n2)cc1. The first kappa shape index (κ1) is 20.6. The number of pyridine rings is 1. The molecule has 0 N–H and O–H groups in total. The average Bonchev–Trinajstić information content (AvgIpc) is 3.23. The number of ether oxygens (including phenoxy) is 1. The van der Waals surface area contributed by atoms with Crippen molar-refractivity contribution in [2.75, 3.05) is 14.2 Å². The highest BCUT2D eigenvalue weighted by atomic mass is 16.5. The molecule has 160 valence electrons. The Morgan fingerprint density at radius 3 is 2.42 bits per heavy atom. The highest BCUT2D eigenvalue weighted by Crippen LogP contribution is 2.29. The Morgan fingerprint density at radius 2 is 1.81 bits per heavy atom. The Hall–Kier alpha value is -3.68. The summed E-state index contributed by atoms with van der Waals surface area (Å²) in [6.45, 7) is 4.32. The molecule has 0 atom stereocenters. The number of methoxy groups -OCH3 is 1. The van der Waals surface area contributed by atoms with Crippen molar-refractivity contribution in [3.8, 4) is 17.0 Å². The van der Waals surface area contributed by atoms with Gasteiger partial charge in [-0.25, -0.2) is 4.98 Å². The molecule has 4 aromatic rings. The Labute approximate surface area is 181 Å². The Bertz CT molecular complexity index is 1270. The van der Waals surface area contributed by atoms with E-state index in [0.717, 1.165) is 33.7 Å². The molecule has 0 aliphatic heterocycles. The van der Waals surface area contributed by atoms with Gasteiger partial charge >= 0.3 is 0 Å². The predicted octanol–water partition coefficient (Wildman–Crippen LogP) is 3.27. The lowest BCUT2D eigenvalue weighted by molar-refractivity contribution is 0.0786. The summed E-state index contributed by atoms with van der Waals surface area (Å²) in [6.07, 6.45) is 1.94. The molecule has 3 heterocycles. The van der Waals surface area contributed by atoms with Gasteiger partial charge in [0, 0.05) is 45.0 Å². The predicted molar refractivity (Wildman–Crippen MR) is 119 cm³/mol. The quantitative estimate of drug-likeness (QED) is 0.497. The monoisotopic (exact) mass is 418 g/mol. The fourth-order valence-corrected chi connectivity index (χ4v) is 3.86. The molecule has 8 nitrogen and oxygen atoms in total. The molecule has 3 aromatic heterocycles. The van der Waals surface area contributed by atoms with E-state index >= 15 is 0 Å². The number of rotatable bonds is 5. The van der Waals surface area contributed by atoms with E-state index in [9.17, 15) is 4.79 Å². The van der Waals surface area contributed by atoms with E-state index in [0.29, 0.717) is 23.4 Å². The van der Waals surface area contributed by atoms with Gasteiger partial charge in [-0.1, -0.05) is 0 Å². The Balaban J connectivity index is 1.79. The van der Waals surface area contributed by atoms with Crippen LogP contribution in [0.2, 0.25) is 0 Å². The first-order valence-electron chi connectivity index (χ1n) is 10.0. The second kappa shape index (κ2) is 7.86. The summed E-state index contributed by atoms with van der Waals surface area (Å²) in [5, 5.41) is 9.66. The van der Waals surface area contributed by atoms with E-state index in [2.05, 4.69) is 10.2 Å². The number of carbonyl (C=O) groups excluding carboxylic acids is 1. The molecule has 8 heteroatoms. The molecule has 31 heavy (non-hydrogen) atoms. The van der Waals surface area contributed by atoms with E-state index in [-0.39, 0.29) is 5.91 Å². The second-order valence-corrected chi connectivity index (χ2v) is 7.77. The molecule has 0 spiro atoms. The average molecular weight is 419 g/mol. The fourth-order valence-electron chi connectivity index (χ4n) is 3.86. The minimum atomic E-state index is -0.0819. The third kappa shape index (κ3) is 3.76. The number of amides is 1. The molecule has 0 aliphatic carbocycles. The van der Waals surface area contributed by atoms with Crippen molar-refractivity contribution in [2.45, 2.75) is 20.4 Å². The summed E-state index contributed by atoms with van der Waals surface area (Å²) in [4.78, 5) is 20.1. The maximum atomic E-state index is 13.5. The van der Waals surface area contributed by atoms with E-state index in [1.54, 1.807) is 28.4 Å². The van der Waals surface area contributed by atoms with Crippen LogP contribution in [0.4, 0.5) is 0 Å². The minimum absolute atomic E-state index is 0.0819. The third-order valence-corrected chi connectivity index (χ3v) is 5.45. The van der Waals surface area contributed by atoms with Crippen LogP contribution in [-0.4, -0.2) is 49.5 Å². The summed E-state index contributed by atoms with van der Waals surface area (Å²) in [5.74, 6) is 0.686. The van der Waals surface area contributed by atoms with Crippen LogP contribution in [0.1, 0.15) is 27.3 Å². The Kier molecular flexibility index (Phi) is 5.22. The normalized spacial score (nSPS) is 11.2. The van der Waals surface area contributed by atoms with Crippen LogP contribution < -0.4 is 4.74 Å². The largest absolute Gasteiger partial charge is 0.497 e. The highest BCUT2D eigenvalue weighted by molar-refractivity contribution is 6.07. The summed E-state index contributed by atoms with van der Waals surface area (Å²) < 4.78 is 8.74. The number of benzene rings is 1. The summed E-state index contributed by atoms with van der Waals surface area (Å²) in [6, 6.07) is 9.50. The van der Waals surface area contributed by atoms with Gasteiger partial charge in [0.15, 0.2) is 5.65 Å². The van der Waals surface area contributed by atoms with Crippen molar-refractivity contribution >= 4 is 16.9 Å². The topological polar surface area (TPSA) is 78.1 Å². The molecule has 0 bridgehead atoms. The maximum Gasteiger partial charge on any atom is 0.254 e. The van der Waals surface area contributed by atoms with Crippen molar-refractivity contribution < 1.29 is 9.53 Å². The zero-order valence-electron chi connectivity index (χ0n) is 18.7. The second-order valence-electron chi connectivity index (χ2n) is 7.77. The lowest BCUT2D eigenvalue weighted by Gasteiger charge is -2.18. The standard InChI is InChI=1S/C23H26N6O2/c1-14-17(13-28(4)25-14)12-27(3)23(30)19-11-20(16-7-9-18(31-6)10-8-16)24-22-21(19)15(2)26-29(22)5/h7-11,13H,12H2,1-6H3. The summed E-state index contributed by atoms with van der Waals surface area (Å²) in [5.41, 5.74) is 5.60. The van der Waals surface area contributed by atoms with E-state index in [4.69, 9.17) is 9.72 Å². The van der Waals surface area contributed by atoms with Gasteiger partial charge in [-0.2, -0.15) is 10.2 Å². The van der Waals surface area contributed by atoms with Crippen LogP contribution in [0.5, 0.6) is 5.75 Å². The summed E-state index contributed by atoms with van der Waals surface area (Å²) in [7, 11) is 7.16. The van der Waals surface area contributed by atoms with E-state index in [1.165, 1.54) is 0 Å². The van der Waals surface area contributed by atoms with Crippen molar-refractivity contribution in [3.05, 3.63) is 59.0 Å². The van der Waals surface area contributed by atoms with E-state index < -0.39 is 0 Å². The number of nitrogens with zero attached hydrogens (tertiary/aromatic N) is 6. The van der Waals surface area contributed by atoms with Gasteiger partial charge < -0.3 is 9.64 Å². The molecule has 0 unspecified atom stereocenters.